The standard InChI is InChI=1S/C20H29N3O2/c24-19(10-9-16-6-2-1-3-7-16)23-14-11-17(12-15-23)22-20(25)18-8-4-5-13-21-18/h4-5,8,13,16-17H,1-3,6-7,9-12,14-15H2,(H,22,25). The molecule has 0 spiro atoms. The molecule has 5 nitrogen and oxygen atoms in total. The van der Waals surface area contributed by atoms with E-state index < -0.39 is 0 Å². The minimum Gasteiger partial charge on any atom is -0.348 e. The molecular weight excluding hydrogens is 314 g/mol. The van der Waals surface area contributed by atoms with Crippen LogP contribution in [0.4, 0.5) is 0 Å². The summed E-state index contributed by atoms with van der Waals surface area (Å²) in [5.41, 5.74) is 0.452. The van der Waals surface area contributed by atoms with Crippen molar-refractivity contribution in [2.45, 2.75) is 63.8 Å². The first-order valence-corrected chi connectivity index (χ1v) is 9.72. The zero-order valence-electron chi connectivity index (χ0n) is 15.0. The second-order valence-corrected chi connectivity index (χ2v) is 7.39. The molecule has 2 fully saturated rings. The summed E-state index contributed by atoms with van der Waals surface area (Å²) in [5.74, 6) is 0.927. The molecule has 0 bridgehead atoms. The minimum atomic E-state index is -0.123. The molecule has 25 heavy (non-hydrogen) atoms. The van der Waals surface area contributed by atoms with Gasteiger partial charge in [-0.05, 0) is 37.3 Å². The fourth-order valence-corrected chi connectivity index (χ4v) is 3.99. The summed E-state index contributed by atoms with van der Waals surface area (Å²) in [5, 5.41) is 3.04. The van der Waals surface area contributed by atoms with Crippen molar-refractivity contribution in [3.63, 3.8) is 0 Å². The molecule has 0 unspecified atom stereocenters. The van der Waals surface area contributed by atoms with E-state index in [-0.39, 0.29) is 11.9 Å². The highest BCUT2D eigenvalue weighted by molar-refractivity contribution is 5.92. The Labute approximate surface area is 150 Å². The van der Waals surface area contributed by atoms with E-state index in [9.17, 15) is 9.59 Å². The number of piperidine rings is 1. The summed E-state index contributed by atoms with van der Waals surface area (Å²) in [6.07, 6.45) is 11.7. The molecule has 1 aliphatic carbocycles. The number of amides is 2. The Morgan fingerprint density at radius 3 is 2.52 bits per heavy atom. The van der Waals surface area contributed by atoms with Gasteiger partial charge >= 0.3 is 0 Å². The average molecular weight is 343 g/mol. The van der Waals surface area contributed by atoms with Crippen LogP contribution in [0.1, 0.15) is 68.3 Å². The zero-order valence-corrected chi connectivity index (χ0v) is 15.0. The van der Waals surface area contributed by atoms with E-state index in [2.05, 4.69) is 10.3 Å². The molecule has 1 saturated carbocycles. The Kier molecular flexibility index (Phi) is 6.42. The summed E-state index contributed by atoms with van der Waals surface area (Å²) >= 11 is 0. The quantitative estimate of drug-likeness (QED) is 0.893. The molecule has 0 radical (unpaired) electrons. The molecule has 1 saturated heterocycles. The maximum atomic E-state index is 12.4. The van der Waals surface area contributed by atoms with Crippen LogP contribution >= 0.6 is 0 Å². The van der Waals surface area contributed by atoms with Gasteiger partial charge in [-0.15, -0.1) is 0 Å². The van der Waals surface area contributed by atoms with Crippen molar-refractivity contribution in [2.24, 2.45) is 5.92 Å². The van der Waals surface area contributed by atoms with E-state index in [0.717, 1.165) is 38.3 Å². The average Bonchev–Trinajstić information content (AvgIpc) is 2.68. The van der Waals surface area contributed by atoms with Gasteiger partial charge in [0.15, 0.2) is 0 Å². The lowest BCUT2D eigenvalue weighted by Crippen LogP contribution is -2.46. The highest BCUT2D eigenvalue weighted by Crippen LogP contribution is 2.27. The van der Waals surface area contributed by atoms with Gasteiger partial charge in [0.1, 0.15) is 5.69 Å². The third kappa shape index (κ3) is 5.28. The van der Waals surface area contributed by atoms with Gasteiger partial charge in [-0.1, -0.05) is 38.2 Å². The highest BCUT2D eigenvalue weighted by Gasteiger charge is 2.25. The molecule has 136 valence electrons. The first-order valence-electron chi connectivity index (χ1n) is 9.72. The van der Waals surface area contributed by atoms with Crippen LogP contribution in [0, 0.1) is 5.92 Å². The maximum Gasteiger partial charge on any atom is 0.270 e. The fourth-order valence-electron chi connectivity index (χ4n) is 3.99. The third-order valence-corrected chi connectivity index (χ3v) is 5.57. The molecule has 1 N–H and O–H groups in total. The predicted octanol–water partition coefficient (Wildman–Crippen LogP) is 3.16. The Morgan fingerprint density at radius 2 is 1.84 bits per heavy atom. The van der Waals surface area contributed by atoms with Gasteiger partial charge in [0.25, 0.3) is 5.91 Å². The van der Waals surface area contributed by atoms with Crippen LogP contribution in [0.5, 0.6) is 0 Å². The molecular formula is C20H29N3O2. The van der Waals surface area contributed by atoms with Gasteiger partial charge in [-0.2, -0.15) is 0 Å². The monoisotopic (exact) mass is 343 g/mol. The largest absolute Gasteiger partial charge is 0.348 e. The van der Waals surface area contributed by atoms with Crippen molar-refractivity contribution >= 4 is 11.8 Å². The molecule has 1 aromatic heterocycles. The number of carbonyl (C=O) groups is 2. The lowest BCUT2D eigenvalue weighted by molar-refractivity contribution is -0.132. The SMILES string of the molecule is O=C(NC1CCN(C(=O)CCC2CCCCC2)CC1)c1ccccn1. The summed E-state index contributed by atoms with van der Waals surface area (Å²) < 4.78 is 0. The van der Waals surface area contributed by atoms with Crippen molar-refractivity contribution < 1.29 is 9.59 Å². The number of aromatic nitrogens is 1. The van der Waals surface area contributed by atoms with Gasteiger partial charge < -0.3 is 10.2 Å². The first kappa shape index (κ1) is 17.9. The van der Waals surface area contributed by atoms with Crippen molar-refractivity contribution in [3.05, 3.63) is 30.1 Å². The van der Waals surface area contributed by atoms with E-state index in [1.807, 2.05) is 11.0 Å². The van der Waals surface area contributed by atoms with E-state index in [1.54, 1.807) is 18.3 Å². The Hall–Kier alpha value is -1.91. The van der Waals surface area contributed by atoms with Crippen LogP contribution < -0.4 is 5.32 Å². The lowest BCUT2D eigenvalue weighted by Gasteiger charge is -2.33. The highest BCUT2D eigenvalue weighted by atomic mass is 16.2. The second-order valence-electron chi connectivity index (χ2n) is 7.39. The van der Waals surface area contributed by atoms with Gasteiger partial charge in [0, 0.05) is 31.7 Å². The number of pyridine rings is 1. The number of carbonyl (C=O) groups excluding carboxylic acids is 2. The van der Waals surface area contributed by atoms with Gasteiger partial charge in [-0.25, -0.2) is 0 Å². The van der Waals surface area contributed by atoms with Gasteiger partial charge in [-0.3, -0.25) is 14.6 Å². The number of nitrogens with zero attached hydrogens (tertiary/aromatic N) is 2. The topological polar surface area (TPSA) is 62.3 Å². The molecule has 5 heteroatoms. The summed E-state index contributed by atoms with van der Waals surface area (Å²) in [6, 6.07) is 5.47. The van der Waals surface area contributed by atoms with Crippen molar-refractivity contribution in [1.29, 1.82) is 0 Å². The summed E-state index contributed by atoms with van der Waals surface area (Å²) in [7, 11) is 0. The minimum absolute atomic E-state index is 0.123. The smallest absolute Gasteiger partial charge is 0.270 e. The van der Waals surface area contributed by atoms with Crippen LogP contribution in [0.15, 0.2) is 24.4 Å². The maximum absolute atomic E-state index is 12.4. The van der Waals surface area contributed by atoms with Crippen LogP contribution in [0.2, 0.25) is 0 Å². The second kappa shape index (κ2) is 8.97. The molecule has 3 rings (SSSR count). The molecule has 1 aromatic rings. The zero-order chi connectivity index (χ0) is 17.5. The Morgan fingerprint density at radius 1 is 1.08 bits per heavy atom. The van der Waals surface area contributed by atoms with Crippen LogP contribution in [0.25, 0.3) is 0 Å². The van der Waals surface area contributed by atoms with Crippen molar-refractivity contribution in [1.82, 2.24) is 15.2 Å². The van der Waals surface area contributed by atoms with Crippen LogP contribution in [0.3, 0.4) is 0 Å². The number of rotatable bonds is 5. The number of hydrogen-bond donors (Lipinski definition) is 1. The first-order chi connectivity index (χ1) is 12.2. The summed E-state index contributed by atoms with van der Waals surface area (Å²) in [6.45, 7) is 1.49. The Balaban J connectivity index is 1.37. The van der Waals surface area contributed by atoms with E-state index >= 15 is 0 Å². The Bertz CT molecular complexity index is 562. The van der Waals surface area contributed by atoms with E-state index in [4.69, 9.17) is 0 Å². The fraction of sp³-hybridized carbons (Fsp3) is 0.650. The van der Waals surface area contributed by atoms with Gasteiger partial charge in [0.05, 0.1) is 0 Å². The molecule has 2 aliphatic rings. The molecule has 2 heterocycles. The third-order valence-electron chi connectivity index (χ3n) is 5.57. The summed E-state index contributed by atoms with van der Waals surface area (Å²) in [4.78, 5) is 30.6. The van der Waals surface area contributed by atoms with Crippen LogP contribution in [-0.2, 0) is 4.79 Å². The van der Waals surface area contributed by atoms with Crippen LogP contribution in [-0.4, -0.2) is 40.8 Å². The molecule has 0 aromatic carbocycles. The van der Waals surface area contributed by atoms with Crippen molar-refractivity contribution in [2.75, 3.05) is 13.1 Å². The number of hydrogen-bond acceptors (Lipinski definition) is 3. The molecule has 1 aliphatic heterocycles. The number of nitrogens with one attached hydrogen (secondary N) is 1. The normalized spacial score (nSPS) is 19.6. The van der Waals surface area contributed by atoms with E-state index in [1.165, 1.54) is 32.1 Å². The van der Waals surface area contributed by atoms with Gasteiger partial charge in [0.2, 0.25) is 5.91 Å². The molecule has 2 amide bonds. The number of likely N-dealkylation sites (tertiary alicyclic amines) is 1. The predicted molar refractivity (Wildman–Crippen MR) is 97.1 cm³/mol. The molecule has 0 atom stereocenters. The van der Waals surface area contributed by atoms with Crippen molar-refractivity contribution in [3.8, 4) is 0 Å². The lowest BCUT2D eigenvalue weighted by atomic mass is 9.86. The van der Waals surface area contributed by atoms with E-state index in [0.29, 0.717) is 18.0 Å².